The quantitative estimate of drug-likeness (QED) is 0.0197. The maximum atomic E-state index is 12.9. The van der Waals surface area contributed by atoms with Gasteiger partial charge in [-0.25, -0.2) is 4.57 Å². The number of rotatable bonds is 50. The molecule has 0 amide bonds. The summed E-state index contributed by atoms with van der Waals surface area (Å²) in [5.74, 6) is -1.59. The fourth-order valence-corrected chi connectivity index (χ4v) is 7.79. The molecular weight excluding hydrogens is 928 g/mol. The summed E-state index contributed by atoms with van der Waals surface area (Å²) in [6, 6.07) is 0. The molecule has 0 bridgehead atoms. The van der Waals surface area contributed by atoms with E-state index in [1.165, 1.54) is 38.5 Å². The number of aliphatic hydroxyl groups excluding tert-OH is 1. The Bertz CT molecular complexity index is 1620. The molecule has 0 aromatic rings. The lowest BCUT2D eigenvalue weighted by atomic mass is 10.1. The minimum absolute atomic E-state index is 0.0496. The number of aliphatic hydroxyl groups is 1. The molecule has 2 N–H and O–H groups in total. The molecule has 0 aliphatic rings. The molecule has 3 atom stereocenters. The van der Waals surface area contributed by atoms with Gasteiger partial charge in [0.25, 0.3) is 0 Å². The van der Waals surface area contributed by atoms with Crippen molar-refractivity contribution in [2.75, 3.05) is 26.4 Å². The minimum Gasteiger partial charge on any atom is -0.462 e. The van der Waals surface area contributed by atoms with Crippen molar-refractivity contribution in [1.82, 2.24) is 0 Å². The van der Waals surface area contributed by atoms with E-state index in [-0.39, 0.29) is 25.9 Å². The molecule has 0 radical (unpaired) electrons. The number of phosphoric ester groups is 1. The summed E-state index contributed by atoms with van der Waals surface area (Å²) in [5.41, 5.74) is 0. The van der Waals surface area contributed by atoms with Gasteiger partial charge in [-0.05, 0) is 109 Å². The third-order valence-corrected chi connectivity index (χ3v) is 12.1. The Hall–Kier alpha value is -3.86. The smallest absolute Gasteiger partial charge is 0.462 e. The SMILES string of the molecule is CC/C=C\C/C=C\C/C=C\C/C=C\CCC(=O)OC(CO)COP(=O)(O)OCC(COC(=O)CCCCCCC/C=C\C/C=C\C/C=C\CC)OC(=O)CCCCCCCCC/C=C\C/C=C\CCCCC. The Kier molecular flexibility index (Phi) is 50.6. The number of carbonyl (C=O) groups is 3. The lowest BCUT2D eigenvalue weighted by Gasteiger charge is -2.21. The fourth-order valence-electron chi connectivity index (χ4n) is 7.00. The number of ether oxygens (including phenoxy) is 3. The molecule has 0 fully saturated rings. The van der Waals surface area contributed by atoms with E-state index in [0.29, 0.717) is 19.3 Å². The molecule has 11 nitrogen and oxygen atoms in total. The highest BCUT2D eigenvalue weighted by atomic mass is 31.2. The third-order valence-electron chi connectivity index (χ3n) is 11.2. The van der Waals surface area contributed by atoms with Crippen LogP contribution in [0.2, 0.25) is 0 Å². The van der Waals surface area contributed by atoms with Gasteiger partial charge in [0.2, 0.25) is 0 Å². The zero-order chi connectivity index (χ0) is 52.7. The van der Waals surface area contributed by atoms with Gasteiger partial charge in [0.15, 0.2) is 6.10 Å². The largest absolute Gasteiger partial charge is 0.472 e. The van der Waals surface area contributed by atoms with Crippen molar-refractivity contribution >= 4 is 25.7 Å². The van der Waals surface area contributed by atoms with Crippen LogP contribution in [0, 0.1) is 0 Å². The Balaban J connectivity index is 4.85. The van der Waals surface area contributed by atoms with Crippen molar-refractivity contribution < 1.29 is 52.2 Å². The molecule has 0 rings (SSSR count). The van der Waals surface area contributed by atoms with Gasteiger partial charge in [-0.15, -0.1) is 0 Å². The summed E-state index contributed by atoms with van der Waals surface area (Å²) >= 11 is 0. The van der Waals surface area contributed by atoms with E-state index >= 15 is 0 Å². The lowest BCUT2D eigenvalue weighted by molar-refractivity contribution is -0.161. The second-order valence-corrected chi connectivity index (χ2v) is 19.4. The third kappa shape index (κ3) is 51.1. The Morgan fingerprint density at radius 3 is 1.19 bits per heavy atom. The van der Waals surface area contributed by atoms with Crippen LogP contribution >= 0.6 is 7.82 Å². The summed E-state index contributed by atoms with van der Waals surface area (Å²) in [4.78, 5) is 48.4. The van der Waals surface area contributed by atoms with Crippen LogP contribution in [0.4, 0.5) is 0 Å². The van der Waals surface area contributed by atoms with Gasteiger partial charge in [0.05, 0.1) is 19.8 Å². The summed E-state index contributed by atoms with van der Waals surface area (Å²) < 4.78 is 39.4. The Morgan fingerprint density at radius 2 is 0.750 bits per heavy atom. The van der Waals surface area contributed by atoms with Gasteiger partial charge in [0.1, 0.15) is 12.7 Å². The maximum Gasteiger partial charge on any atom is 0.472 e. The lowest BCUT2D eigenvalue weighted by Crippen LogP contribution is -2.30. The standard InChI is InChI=1S/C60H99O11P/c1-4-7-10-13-16-19-22-25-27-28-30-33-36-39-42-45-48-51-60(64)71-57(53-67-58(62)49-46-43-40-37-34-32-29-26-23-20-17-14-11-8-5-2)55-69-72(65,66)68-54-56(52-61)70-59(63)50-47-44-41-38-35-31-24-21-18-15-12-9-6-3/h8-9,11-12,16-21,25-27,29,31,35,41,44,56-57,61H,4-7,10,13-15,22-24,28,30,32-34,36-40,42-43,45-55H2,1-3H3,(H,65,66)/b11-8-,12-9-,19-16-,20-17-,21-18-,27-25-,29-26-,35-31-,44-41-. The first-order valence-corrected chi connectivity index (χ1v) is 29.3. The molecule has 12 heteroatoms. The maximum absolute atomic E-state index is 12.9. The molecular formula is C60H99O11P. The van der Waals surface area contributed by atoms with Crippen molar-refractivity contribution in [3.05, 3.63) is 109 Å². The second kappa shape index (κ2) is 53.4. The van der Waals surface area contributed by atoms with Crippen LogP contribution in [0.5, 0.6) is 0 Å². The van der Waals surface area contributed by atoms with Crippen LogP contribution in [0.3, 0.4) is 0 Å². The number of esters is 3. The summed E-state index contributed by atoms with van der Waals surface area (Å²) in [5, 5.41) is 9.78. The number of unbranched alkanes of at least 4 members (excludes halogenated alkanes) is 15. The number of allylic oxidation sites excluding steroid dienone is 18. The number of carbonyl (C=O) groups excluding carboxylic acids is 3. The van der Waals surface area contributed by atoms with E-state index in [4.69, 9.17) is 23.3 Å². The first-order chi connectivity index (χ1) is 35.2. The first-order valence-electron chi connectivity index (χ1n) is 27.8. The van der Waals surface area contributed by atoms with Crippen LogP contribution < -0.4 is 0 Å². The predicted octanol–water partition coefficient (Wildman–Crippen LogP) is 16.2. The Morgan fingerprint density at radius 1 is 0.403 bits per heavy atom. The summed E-state index contributed by atoms with van der Waals surface area (Å²) in [6.07, 6.45) is 63.5. The molecule has 0 spiro atoms. The highest BCUT2D eigenvalue weighted by Gasteiger charge is 2.28. The van der Waals surface area contributed by atoms with E-state index in [0.717, 1.165) is 116 Å². The monoisotopic (exact) mass is 1030 g/mol. The van der Waals surface area contributed by atoms with E-state index in [2.05, 4.69) is 112 Å². The fraction of sp³-hybridized carbons (Fsp3) is 0.650. The molecule has 72 heavy (non-hydrogen) atoms. The normalized spacial score (nSPS) is 14.2. The van der Waals surface area contributed by atoms with Crippen molar-refractivity contribution in [3.8, 4) is 0 Å². The highest BCUT2D eigenvalue weighted by molar-refractivity contribution is 7.47. The average Bonchev–Trinajstić information content (AvgIpc) is 3.37. The van der Waals surface area contributed by atoms with Crippen molar-refractivity contribution in [3.63, 3.8) is 0 Å². The molecule has 410 valence electrons. The minimum atomic E-state index is -4.78. The van der Waals surface area contributed by atoms with Gasteiger partial charge in [-0.2, -0.15) is 0 Å². The summed E-state index contributed by atoms with van der Waals surface area (Å²) in [6.45, 7) is 4.26. The molecule has 0 saturated heterocycles. The van der Waals surface area contributed by atoms with Gasteiger partial charge in [-0.3, -0.25) is 23.4 Å². The van der Waals surface area contributed by atoms with Gasteiger partial charge >= 0.3 is 25.7 Å². The van der Waals surface area contributed by atoms with Crippen LogP contribution in [-0.2, 0) is 42.2 Å². The first kappa shape index (κ1) is 68.1. The second-order valence-electron chi connectivity index (χ2n) is 18.0. The number of hydrogen-bond donors (Lipinski definition) is 2. The zero-order valence-electron chi connectivity index (χ0n) is 45.1. The van der Waals surface area contributed by atoms with Crippen molar-refractivity contribution in [2.45, 2.75) is 226 Å². The molecule has 3 unspecified atom stereocenters. The van der Waals surface area contributed by atoms with Crippen LogP contribution in [0.15, 0.2) is 109 Å². The zero-order valence-corrected chi connectivity index (χ0v) is 46.0. The summed E-state index contributed by atoms with van der Waals surface area (Å²) in [7, 11) is -4.78. The van der Waals surface area contributed by atoms with E-state index in [9.17, 15) is 28.9 Å². The molecule has 0 aliphatic carbocycles. The predicted molar refractivity (Wildman–Crippen MR) is 297 cm³/mol. The molecule has 0 heterocycles. The van der Waals surface area contributed by atoms with Crippen molar-refractivity contribution in [1.29, 1.82) is 0 Å². The number of hydrogen-bond acceptors (Lipinski definition) is 10. The van der Waals surface area contributed by atoms with Crippen molar-refractivity contribution in [2.24, 2.45) is 0 Å². The topological polar surface area (TPSA) is 155 Å². The molecule has 0 saturated carbocycles. The van der Waals surface area contributed by atoms with Gasteiger partial charge < -0.3 is 24.2 Å². The Labute approximate surface area is 437 Å². The van der Waals surface area contributed by atoms with E-state index in [1.807, 2.05) is 18.2 Å². The molecule has 0 aliphatic heterocycles. The number of phosphoric acid groups is 1. The van der Waals surface area contributed by atoms with Crippen LogP contribution in [-0.4, -0.2) is 66.5 Å². The van der Waals surface area contributed by atoms with Crippen LogP contribution in [0.1, 0.15) is 213 Å². The molecule has 0 aromatic heterocycles. The van der Waals surface area contributed by atoms with Crippen LogP contribution in [0.25, 0.3) is 0 Å². The van der Waals surface area contributed by atoms with E-state index < -0.39 is 57.8 Å². The van der Waals surface area contributed by atoms with Gasteiger partial charge in [-0.1, -0.05) is 194 Å². The van der Waals surface area contributed by atoms with E-state index in [1.54, 1.807) is 0 Å². The van der Waals surface area contributed by atoms with Gasteiger partial charge in [0, 0.05) is 19.3 Å². The highest BCUT2D eigenvalue weighted by Crippen LogP contribution is 2.43. The molecule has 0 aromatic carbocycles. The average molecular weight is 1030 g/mol.